The predicted octanol–water partition coefficient (Wildman–Crippen LogP) is -2.23. The maximum atomic E-state index is 11.2. The topological polar surface area (TPSA) is 95.9 Å². The Morgan fingerprint density at radius 1 is 1.85 bits per heavy atom. The number of nitrogens with one attached hydrogen (secondary N) is 1. The van der Waals surface area contributed by atoms with Gasteiger partial charge in [0.15, 0.2) is 5.54 Å². The number of carbonyl (C=O) groups excluding carboxylic acids is 2. The molecule has 6 heteroatoms. The number of aliphatic hydroxyl groups is 2. The first-order valence-corrected chi connectivity index (χ1v) is 3.75. The number of esters is 1. The quantitative estimate of drug-likeness (QED) is 0.427. The summed E-state index contributed by atoms with van der Waals surface area (Å²) in [6.45, 7) is -0.674. The van der Waals surface area contributed by atoms with Crippen molar-refractivity contribution in [2.75, 3.05) is 13.7 Å². The second-order valence-corrected chi connectivity index (χ2v) is 2.89. The van der Waals surface area contributed by atoms with Crippen LogP contribution >= 0.6 is 0 Å². The van der Waals surface area contributed by atoms with Crippen molar-refractivity contribution in [1.29, 1.82) is 0 Å². The van der Waals surface area contributed by atoms with Crippen molar-refractivity contribution in [1.82, 2.24) is 5.32 Å². The molecule has 2 atom stereocenters. The lowest BCUT2D eigenvalue weighted by atomic mass is 9.96. The Morgan fingerprint density at radius 2 is 2.46 bits per heavy atom. The number of hydrogen-bond acceptors (Lipinski definition) is 5. The third-order valence-electron chi connectivity index (χ3n) is 2.11. The lowest BCUT2D eigenvalue weighted by Gasteiger charge is -2.26. The molecule has 0 bridgehead atoms. The molecule has 0 unspecified atom stereocenters. The summed E-state index contributed by atoms with van der Waals surface area (Å²) in [5, 5.41) is 20.5. The number of carbonyl (C=O) groups is 2. The van der Waals surface area contributed by atoms with Crippen molar-refractivity contribution in [2.24, 2.45) is 0 Å². The Hall–Kier alpha value is -1.14. The zero-order chi connectivity index (χ0) is 10.1. The van der Waals surface area contributed by atoms with E-state index in [9.17, 15) is 14.7 Å². The summed E-state index contributed by atoms with van der Waals surface area (Å²) < 4.78 is 4.37. The SMILES string of the molecule is COC(=O)[C@]1(CO)NC(=O)C[C@@H]1O. The van der Waals surface area contributed by atoms with E-state index in [0.29, 0.717) is 0 Å². The first-order valence-electron chi connectivity index (χ1n) is 3.75. The van der Waals surface area contributed by atoms with Gasteiger partial charge in [-0.1, -0.05) is 0 Å². The van der Waals surface area contributed by atoms with Gasteiger partial charge in [0.2, 0.25) is 5.91 Å². The molecule has 74 valence electrons. The van der Waals surface area contributed by atoms with Crippen molar-refractivity contribution >= 4 is 11.9 Å². The molecular formula is C7H11NO5. The number of aliphatic hydroxyl groups excluding tert-OH is 2. The highest BCUT2D eigenvalue weighted by molar-refractivity contribution is 5.93. The molecule has 0 radical (unpaired) electrons. The highest BCUT2D eigenvalue weighted by atomic mass is 16.5. The fraction of sp³-hybridized carbons (Fsp3) is 0.714. The van der Waals surface area contributed by atoms with Crippen LogP contribution in [0.1, 0.15) is 6.42 Å². The summed E-state index contributed by atoms with van der Waals surface area (Å²) in [5.74, 6) is -1.32. The molecule has 1 saturated heterocycles. The van der Waals surface area contributed by atoms with Crippen molar-refractivity contribution < 1.29 is 24.5 Å². The Labute approximate surface area is 74.5 Å². The Bertz CT molecular complexity index is 241. The molecule has 1 aliphatic heterocycles. The Morgan fingerprint density at radius 3 is 2.77 bits per heavy atom. The third-order valence-corrected chi connectivity index (χ3v) is 2.11. The number of ether oxygens (including phenoxy) is 1. The van der Waals surface area contributed by atoms with Gasteiger partial charge < -0.3 is 20.3 Å². The van der Waals surface area contributed by atoms with Gasteiger partial charge >= 0.3 is 5.97 Å². The maximum Gasteiger partial charge on any atom is 0.336 e. The molecule has 1 aliphatic rings. The van der Waals surface area contributed by atoms with Gasteiger partial charge in [-0.05, 0) is 0 Å². The van der Waals surface area contributed by atoms with Gasteiger partial charge in [0.1, 0.15) is 0 Å². The first-order chi connectivity index (χ1) is 6.06. The van der Waals surface area contributed by atoms with Crippen LogP contribution < -0.4 is 5.32 Å². The monoisotopic (exact) mass is 189 g/mol. The van der Waals surface area contributed by atoms with Crippen LogP contribution in [0.25, 0.3) is 0 Å². The Kier molecular flexibility index (Phi) is 2.53. The molecule has 1 rings (SSSR count). The first kappa shape index (κ1) is 9.94. The fourth-order valence-electron chi connectivity index (χ4n) is 1.31. The van der Waals surface area contributed by atoms with Gasteiger partial charge in [0.05, 0.1) is 26.2 Å². The average Bonchev–Trinajstić information content (AvgIpc) is 2.40. The van der Waals surface area contributed by atoms with E-state index in [1.54, 1.807) is 0 Å². The highest BCUT2D eigenvalue weighted by Gasteiger charge is 2.52. The molecule has 3 N–H and O–H groups in total. The molecule has 1 amide bonds. The van der Waals surface area contributed by atoms with Crippen LogP contribution in [0, 0.1) is 0 Å². The van der Waals surface area contributed by atoms with Crippen LogP contribution in [0.2, 0.25) is 0 Å². The van der Waals surface area contributed by atoms with Crippen molar-refractivity contribution in [3.63, 3.8) is 0 Å². The molecule has 1 heterocycles. The fourth-order valence-corrected chi connectivity index (χ4v) is 1.31. The van der Waals surface area contributed by atoms with Crippen LogP contribution in [-0.4, -0.2) is 47.4 Å². The zero-order valence-electron chi connectivity index (χ0n) is 7.11. The second-order valence-electron chi connectivity index (χ2n) is 2.89. The molecule has 0 aromatic carbocycles. The van der Waals surface area contributed by atoms with Crippen LogP contribution in [0.15, 0.2) is 0 Å². The molecule has 0 spiro atoms. The van der Waals surface area contributed by atoms with E-state index in [1.165, 1.54) is 0 Å². The van der Waals surface area contributed by atoms with E-state index in [4.69, 9.17) is 5.11 Å². The van der Waals surface area contributed by atoms with Crippen molar-refractivity contribution in [2.45, 2.75) is 18.1 Å². The molecule has 0 aromatic heterocycles. The van der Waals surface area contributed by atoms with Crippen molar-refractivity contribution in [3.8, 4) is 0 Å². The number of methoxy groups -OCH3 is 1. The summed E-state index contributed by atoms with van der Waals surface area (Å²) in [5.41, 5.74) is -1.67. The standard InChI is InChI=1S/C7H11NO5/c1-13-6(12)7(3-9)4(10)2-5(11)8-7/h4,9-10H,2-3H2,1H3,(H,8,11)/t4-,7+/m0/s1. The summed E-state index contributed by atoms with van der Waals surface area (Å²) in [7, 11) is 1.12. The lowest BCUT2D eigenvalue weighted by Crippen LogP contribution is -2.58. The molecule has 0 saturated carbocycles. The summed E-state index contributed by atoms with van der Waals surface area (Å²) in [4.78, 5) is 22.0. The maximum absolute atomic E-state index is 11.2. The molecule has 0 aliphatic carbocycles. The second kappa shape index (κ2) is 3.31. The van der Waals surface area contributed by atoms with E-state index < -0.39 is 30.1 Å². The molecule has 6 nitrogen and oxygen atoms in total. The van der Waals surface area contributed by atoms with E-state index in [1.807, 2.05) is 0 Å². The highest BCUT2D eigenvalue weighted by Crippen LogP contribution is 2.21. The Balaban J connectivity index is 2.93. The van der Waals surface area contributed by atoms with Crippen molar-refractivity contribution in [3.05, 3.63) is 0 Å². The number of rotatable bonds is 2. The molecule has 13 heavy (non-hydrogen) atoms. The third kappa shape index (κ3) is 1.38. The van der Waals surface area contributed by atoms with Gasteiger partial charge in [-0.15, -0.1) is 0 Å². The van der Waals surface area contributed by atoms with E-state index in [0.717, 1.165) is 7.11 Å². The van der Waals surface area contributed by atoms with Gasteiger partial charge in [0, 0.05) is 0 Å². The smallest absolute Gasteiger partial charge is 0.336 e. The molecular weight excluding hydrogens is 178 g/mol. The summed E-state index contributed by atoms with van der Waals surface area (Å²) in [6.07, 6.45) is -1.44. The minimum atomic E-state index is -1.67. The predicted molar refractivity (Wildman–Crippen MR) is 40.6 cm³/mol. The minimum Gasteiger partial charge on any atom is -0.467 e. The zero-order valence-corrected chi connectivity index (χ0v) is 7.11. The number of hydrogen-bond donors (Lipinski definition) is 3. The van der Waals surface area contributed by atoms with E-state index in [2.05, 4.69) is 10.1 Å². The normalized spacial score (nSPS) is 32.8. The minimum absolute atomic E-state index is 0.199. The lowest BCUT2D eigenvalue weighted by molar-refractivity contribution is -0.154. The van der Waals surface area contributed by atoms with Gasteiger partial charge in [-0.25, -0.2) is 4.79 Å². The van der Waals surface area contributed by atoms with Crippen LogP contribution in [0.3, 0.4) is 0 Å². The van der Waals surface area contributed by atoms with Gasteiger partial charge in [-0.3, -0.25) is 4.79 Å². The van der Waals surface area contributed by atoms with Crippen LogP contribution in [0.4, 0.5) is 0 Å². The number of amides is 1. The van der Waals surface area contributed by atoms with Gasteiger partial charge in [0.25, 0.3) is 0 Å². The summed E-state index contributed by atoms with van der Waals surface area (Å²) in [6, 6.07) is 0. The molecule has 0 aromatic rings. The van der Waals surface area contributed by atoms with E-state index in [-0.39, 0.29) is 6.42 Å². The molecule has 1 fully saturated rings. The van der Waals surface area contributed by atoms with Gasteiger partial charge in [-0.2, -0.15) is 0 Å². The van der Waals surface area contributed by atoms with Crippen LogP contribution in [-0.2, 0) is 14.3 Å². The van der Waals surface area contributed by atoms with Crippen LogP contribution in [0.5, 0.6) is 0 Å². The summed E-state index contributed by atoms with van der Waals surface area (Å²) >= 11 is 0. The largest absolute Gasteiger partial charge is 0.467 e. The van der Waals surface area contributed by atoms with E-state index >= 15 is 0 Å². The average molecular weight is 189 g/mol.